The minimum absolute atomic E-state index is 0.216. The molecule has 0 bridgehead atoms. The number of hydrogen-bond acceptors (Lipinski definition) is 4. The first-order valence-corrected chi connectivity index (χ1v) is 5.88. The summed E-state index contributed by atoms with van der Waals surface area (Å²) in [6.45, 7) is 2.56. The second kappa shape index (κ2) is 4.53. The van der Waals surface area contributed by atoms with Crippen LogP contribution in [0.2, 0.25) is 5.15 Å². The monoisotopic (exact) mass is 268 g/mol. The lowest BCUT2D eigenvalue weighted by atomic mass is 9.89. The number of carbonyl (C=O) groups is 2. The molecule has 1 saturated heterocycles. The molecule has 2 amide bonds. The van der Waals surface area contributed by atoms with Crippen molar-refractivity contribution in [3.63, 3.8) is 0 Å². The van der Waals surface area contributed by atoms with Crippen molar-refractivity contribution in [3.05, 3.63) is 23.0 Å². The molecule has 0 spiro atoms. The lowest BCUT2D eigenvalue weighted by Gasteiger charge is -2.20. The zero-order chi connectivity index (χ0) is 13.3. The standard InChI is InChI=1S/C11H13ClN4O2/c1-11(10(13)18)4-5-16(6-11)9(17)7-2-3-8(12)15-14-7/h2-3H,4-6H2,1H3,(H2,13,18). The lowest BCUT2D eigenvalue weighted by Crippen LogP contribution is -2.38. The molecule has 1 aliphatic heterocycles. The molecular weight excluding hydrogens is 256 g/mol. The fourth-order valence-corrected chi connectivity index (χ4v) is 2.03. The average Bonchev–Trinajstić information content (AvgIpc) is 2.73. The summed E-state index contributed by atoms with van der Waals surface area (Å²) in [5, 5.41) is 7.58. The van der Waals surface area contributed by atoms with Gasteiger partial charge in [-0.3, -0.25) is 9.59 Å². The molecule has 96 valence electrons. The molecule has 1 aromatic heterocycles. The van der Waals surface area contributed by atoms with E-state index in [9.17, 15) is 9.59 Å². The van der Waals surface area contributed by atoms with E-state index in [0.717, 1.165) is 0 Å². The molecule has 1 atom stereocenters. The van der Waals surface area contributed by atoms with Crippen molar-refractivity contribution in [1.82, 2.24) is 15.1 Å². The van der Waals surface area contributed by atoms with E-state index in [0.29, 0.717) is 19.5 Å². The smallest absolute Gasteiger partial charge is 0.274 e. The third-order valence-corrected chi connectivity index (χ3v) is 3.41. The molecule has 0 radical (unpaired) electrons. The molecule has 18 heavy (non-hydrogen) atoms. The second-order valence-corrected chi connectivity index (χ2v) is 5.03. The zero-order valence-electron chi connectivity index (χ0n) is 9.89. The van der Waals surface area contributed by atoms with Gasteiger partial charge >= 0.3 is 0 Å². The molecule has 1 fully saturated rings. The highest BCUT2D eigenvalue weighted by atomic mass is 35.5. The van der Waals surface area contributed by atoms with Gasteiger partial charge in [0.05, 0.1) is 5.41 Å². The number of likely N-dealkylation sites (tertiary alicyclic amines) is 1. The van der Waals surface area contributed by atoms with E-state index >= 15 is 0 Å². The van der Waals surface area contributed by atoms with Crippen molar-refractivity contribution in [2.24, 2.45) is 11.1 Å². The molecule has 1 aliphatic rings. The quantitative estimate of drug-likeness (QED) is 0.844. The number of primary amides is 1. The number of amides is 2. The Kier molecular flexibility index (Phi) is 3.21. The largest absolute Gasteiger partial charge is 0.369 e. The van der Waals surface area contributed by atoms with Crippen LogP contribution >= 0.6 is 11.6 Å². The number of halogens is 1. The maximum atomic E-state index is 12.1. The Balaban J connectivity index is 2.12. The molecule has 2 N–H and O–H groups in total. The van der Waals surface area contributed by atoms with Gasteiger partial charge in [-0.25, -0.2) is 0 Å². The minimum Gasteiger partial charge on any atom is -0.369 e. The van der Waals surface area contributed by atoms with E-state index in [1.54, 1.807) is 11.8 Å². The summed E-state index contributed by atoms with van der Waals surface area (Å²) in [4.78, 5) is 25.0. The third-order valence-electron chi connectivity index (χ3n) is 3.21. The molecule has 2 rings (SSSR count). The van der Waals surface area contributed by atoms with Gasteiger partial charge in [0.2, 0.25) is 5.91 Å². The van der Waals surface area contributed by atoms with Crippen molar-refractivity contribution in [2.45, 2.75) is 13.3 Å². The van der Waals surface area contributed by atoms with E-state index in [1.807, 2.05) is 0 Å². The molecule has 0 aliphatic carbocycles. The summed E-state index contributed by atoms with van der Waals surface area (Å²) < 4.78 is 0. The van der Waals surface area contributed by atoms with Crippen molar-refractivity contribution in [1.29, 1.82) is 0 Å². The van der Waals surface area contributed by atoms with Crippen LogP contribution < -0.4 is 5.73 Å². The number of hydrogen-bond donors (Lipinski definition) is 1. The Bertz CT molecular complexity index is 490. The molecule has 1 aromatic rings. The van der Waals surface area contributed by atoms with Crippen molar-refractivity contribution in [3.8, 4) is 0 Å². The number of rotatable bonds is 2. The Hall–Kier alpha value is -1.69. The first-order chi connectivity index (χ1) is 8.42. The van der Waals surface area contributed by atoms with E-state index < -0.39 is 5.41 Å². The normalized spacial score (nSPS) is 23.1. The van der Waals surface area contributed by atoms with Gasteiger partial charge in [-0.1, -0.05) is 11.6 Å². The van der Waals surface area contributed by atoms with Crippen LogP contribution in [-0.4, -0.2) is 40.0 Å². The number of nitrogens with two attached hydrogens (primary N) is 1. The maximum Gasteiger partial charge on any atom is 0.274 e. The highest BCUT2D eigenvalue weighted by molar-refractivity contribution is 6.29. The number of aromatic nitrogens is 2. The Morgan fingerprint density at radius 2 is 2.17 bits per heavy atom. The van der Waals surface area contributed by atoms with Crippen LogP contribution in [0.15, 0.2) is 12.1 Å². The summed E-state index contributed by atoms with van der Waals surface area (Å²) in [5.41, 5.74) is 4.89. The summed E-state index contributed by atoms with van der Waals surface area (Å²) >= 11 is 5.60. The van der Waals surface area contributed by atoms with Crippen LogP contribution in [0.4, 0.5) is 0 Å². The number of carbonyl (C=O) groups excluding carboxylic acids is 2. The molecule has 7 heteroatoms. The predicted molar refractivity (Wildman–Crippen MR) is 64.9 cm³/mol. The van der Waals surface area contributed by atoms with E-state index in [1.165, 1.54) is 12.1 Å². The third kappa shape index (κ3) is 2.28. The van der Waals surface area contributed by atoms with Crippen LogP contribution in [0, 0.1) is 5.41 Å². The van der Waals surface area contributed by atoms with Crippen LogP contribution in [0.25, 0.3) is 0 Å². The van der Waals surface area contributed by atoms with Crippen LogP contribution in [0.3, 0.4) is 0 Å². The molecule has 2 heterocycles. The van der Waals surface area contributed by atoms with Gasteiger partial charge in [-0.15, -0.1) is 10.2 Å². The van der Waals surface area contributed by atoms with Gasteiger partial charge in [-0.2, -0.15) is 0 Å². The second-order valence-electron chi connectivity index (χ2n) is 4.64. The SMILES string of the molecule is CC1(C(N)=O)CCN(C(=O)c2ccc(Cl)nn2)C1. The maximum absolute atomic E-state index is 12.1. The molecule has 1 unspecified atom stereocenters. The van der Waals surface area contributed by atoms with Crippen LogP contribution in [0.5, 0.6) is 0 Å². The van der Waals surface area contributed by atoms with Crippen LogP contribution in [0.1, 0.15) is 23.8 Å². The summed E-state index contributed by atoms with van der Waals surface area (Å²) in [6.07, 6.45) is 0.565. The van der Waals surface area contributed by atoms with Gasteiger partial charge in [-0.05, 0) is 25.5 Å². The highest BCUT2D eigenvalue weighted by Gasteiger charge is 2.41. The van der Waals surface area contributed by atoms with Gasteiger partial charge in [0.15, 0.2) is 10.8 Å². The van der Waals surface area contributed by atoms with E-state index in [-0.39, 0.29) is 22.7 Å². The first-order valence-electron chi connectivity index (χ1n) is 5.51. The molecular formula is C11H13ClN4O2. The van der Waals surface area contributed by atoms with Gasteiger partial charge in [0, 0.05) is 13.1 Å². The van der Waals surface area contributed by atoms with Crippen molar-refractivity contribution >= 4 is 23.4 Å². The minimum atomic E-state index is -0.657. The molecule has 0 saturated carbocycles. The van der Waals surface area contributed by atoms with Gasteiger partial charge < -0.3 is 10.6 Å². The van der Waals surface area contributed by atoms with Crippen LogP contribution in [-0.2, 0) is 4.79 Å². The Morgan fingerprint density at radius 1 is 1.44 bits per heavy atom. The fourth-order valence-electron chi connectivity index (χ4n) is 1.93. The van der Waals surface area contributed by atoms with Gasteiger partial charge in [0.25, 0.3) is 5.91 Å². The summed E-state index contributed by atoms with van der Waals surface area (Å²) in [6, 6.07) is 3.02. The Morgan fingerprint density at radius 3 is 2.67 bits per heavy atom. The summed E-state index contributed by atoms with van der Waals surface area (Å²) in [5.74, 6) is -0.649. The van der Waals surface area contributed by atoms with Crippen molar-refractivity contribution < 1.29 is 9.59 Å². The van der Waals surface area contributed by atoms with E-state index in [2.05, 4.69) is 10.2 Å². The number of nitrogens with zero attached hydrogens (tertiary/aromatic N) is 3. The zero-order valence-corrected chi connectivity index (χ0v) is 10.6. The fraction of sp³-hybridized carbons (Fsp3) is 0.455. The first kappa shape index (κ1) is 12.8. The van der Waals surface area contributed by atoms with Crippen molar-refractivity contribution in [2.75, 3.05) is 13.1 Å². The summed E-state index contributed by atoms with van der Waals surface area (Å²) in [7, 11) is 0. The van der Waals surface area contributed by atoms with E-state index in [4.69, 9.17) is 17.3 Å². The highest BCUT2D eigenvalue weighted by Crippen LogP contribution is 2.30. The van der Waals surface area contributed by atoms with Gasteiger partial charge in [0.1, 0.15) is 0 Å². The Labute approximate surface area is 109 Å². The lowest BCUT2D eigenvalue weighted by molar-refractivity contribution is -0.126. The molecule has 0 aromatic carbocycles. The molecule has 6 nitrogen and oxygen atoms in total. The average molecular weight is 269 g/mol. The topological polar surface area (TPSA) is 89.2 Å². The predicted octanol–water partition coefficient (Wildman–Crippen LogP) is 0.467.